The van der Waals surface area contributed by atoms with E-state index in [9.17, 15) is 4.79 Å². The molecule has 1 aromatic heterocycles. The van der Waals surface area contributed by atoms with Crippen molar-refractivity contribution < 1.29 is 4.79 Å². The Bertz CT molecular complexity index is 386. The van der Waals surface area contributed by atoms with Crippen LogP contribution < -0.4 is 0 Å². The Kier molecular flexibility index (Phi) is 3.68. The van der Waals surface area contributed by atoms with Crippen LogP contribution in [0.25, 0.3) is 0 Å². The van der Waals surface area contributed by atoms with E-state index in [0.29, 0.717) is 11.7 Å². The fraction of sp³-hybridized carbons (Fsp3) is 0.545. The molecule has 82 valence electrons. The minimum atomic E-state index is 0.242. The largest absolute Gasteiger partial charge is 0.293 e. The van der Waals surface area contributed by atoms with Crippen LogP contribution in [0, 0.1) is 11.8 Å². The predicted molar refractivity (Wildman–Crippen MR) is 70.6 cm³/mol. The molecular weight excluding hydrogens is 340 g/mol. The van der Waals surface area contributed by atoms with Crippen molar-refractivity contribution in [2.45, 2.75) is 26.2 Å². The first-order valence-corrected chi connectivity index (χ1v) is 7.54. The first-order valence-electron chi connectivity index (χ1n) is 5.08. The van der Waals surface area contributed by atoms with Gasteiger partial charge in [-0.2, -0.15) is 0 Å². The van der Waals surface area contributed by atoms with Crippen molar-refractivity contribution in [3.8, 4) is 0 Å². The number of carbonyl (C=O) groups is 1. The van der Waals surface area contributed by atoms with Crippen LogP contribution in [0.5, 0.6) is 0 Å². The van der Waals surface area contributed by atoms with Crippen LogP contribution in [0.2, 0.25) is 0 Å². The van der Waals surface area contributed by atoms with Crippen LogP contribution in [0.3, 0.4) is 0 Å². The summed E-state index contributed by atoms with van der Waals surface area (Å²) < 4.78 is 1.91. The Morgan fingerprint density at radius 1 is 1.47 bits per heavy atom. The zero-order valence-electron chi connectivity index (χ0n) is 8.43. The van der Waals surface area contributed by atoms with Gasteiger partial charge in [0.2, 0.25) is 0 Å². The second kappa shape index (κ2) is 4.68. The molecule has 2 unspecified atom stereocenters. The van der Waals surface area contributed by atoms with Crippen molar-refractivity contribution in [3.63, 3.8) is 0 Å². The van der Waals surface area contributed by atoms with Gasteiger partial charge in [0.1, 0.15) is 0 Å². The number of carbonyl (C=O) groups excluding carboxylic acids is 1. The van der Waals surface area contributed by atoms with E-state index < -0.39 is 0 Å². The molecule has 1 fully saturated rings. The molecule has 0 aliphatic heterocycles. The van der Waals surface area contributed by atoms with E-state index in [1.807, 2.05) is 5.38 Å². The van der Waals surface area contributed by atoms with Gasteiger partial charge in [0.15, 0.2) is 5.78 Å². The Hall–Kier alpha value is 0.330. The van der Waals surface area contributed by atoms with Crippen molar-refractivity contribution in [2.24, 2.45) is 11.8 Å². The van der Waals surface area contributed by atoms with E-state index >= 15 is 0 Å². The van der Waals surface area contributed by atoms with E-state index in [2.05, 4.69) is 38.8 Å². The molecule has 1 aliphatic carbocycles. The van der Waals surface area contributed by atoms with Crippen molar-refractivity contribution in [1.82, 2.24) is 0 Å². The maximum Gasteiger partial charge on any atom is 0.177 e. The summed E-state index contributed by atoms with van der Waals surface area (Å²) in [5, 5.41) is 1.97. The molecule has 0 spiro atoms. The lowest BCUT2D eigenvalue weighted by atomic mass is 9.93. The lowest BCUT2D eigenvalue weighted by Crippen LogP contribution is -2.16. The Balaban J connectivity index is 2.24. The number of hydrogen-bond acceptors (Lipinski definition) is 2. The van der Waals surface area contributed by atoms with Crippen LogP contribution in [0.1, 0.15) is 35.9 Å². The van der Waals surface area contributed by atoms with Gasteiger partial charge in [-0.15, -0.1) is 11.3 Å². The monoisotopic (exact) mass is 350 g/mol. The second-order valence-electron chi connectivity index (χ2n) is 4.11. The molecule has 15 heavy (non-hydrogen) atoms. The molecule has 0 radical (unpaired) electrons. The summed E-state index contributed by atoms with van der Waals surface area (Å²) in [6.07, 6.45) is 3.45. The summed E-state index contributed by atoms with van der Waals surface area (Å²) >= 11 is 8.41. The third kappa shape index (κ3) is 2.22. The molecule has 2 atom stereocenters. The van der Waals surface area contributed by atoms with E-state index in [0.717, 1.165) is 20.2 Å². The van der Waals surface area contributed by atoms with E-state index in [1.165, 1.54) is 24.2 Å². The van der Waals surface area contributed by atoms with Gasteiger partial charge in [0.25, 0.3) is 0 Å². The summed E-state index contributed by atoms with van der Waals surface area (Å²) in [7, 11) is 0. The average molecular weight is 352 g/mol. The standard InChI is InChI=1S/C11H12Br2OS/c1-6-3-2-4-7(6)10(14)11-9(13)8(12)5-15-11/h5-7H,2-4H2,1H3. The SMILES string of the molecule is CC1CCCC1C(=O)c1scc(Br)c1Br. The number of Topliss-reactive ketones (excluding diaryl/α,β-unsaturated/α-hetero) is 1. The topological polar surface area (TPSA) is 17.1 Å². The van der Waals surface area contributed by atoms with Gasteiger partial charge in [-0.3, -0.25) is 4.79 Å². The van der Waals surface area contributed by atoms with Gasteiger partial charge in [-0.25, -0.2) is 0 Å². The number of thiophene rings is 1. The molecule has 2 rings (SSSR count). The van der Waals surface area contributed by atoms with Crippen LogP contribution in [0.4, 0.5) is 0 Å². The van der Waals surface area contributed by atoms with E-state index in [1.54, 1.807) is 0 Å². The fourth-order valence-electron chi connectivity index (χ4n) is 2.19. The number of rotatable bonds is 2. The second-order valence-corrected chi connectivity index (χ2v) is 6.63. The molecule has 1 aliphatic rings. The zero-order valence-corrected chi connectivity index (χ0v) is 12.4. The summed E-state index contributed by atoms with van der Waals surface area (Å²) in [5.74, 6) is 1.11. The fourth-order valence-corrected chi connectivity index (χ4v) is 4.36. The Morgan fingerprint density at radius 3 is 2.67 bits per heavy atom. The third-order valence-electron chi connectivity index (χ3n) is 3.11. The van der Waals surface area contributed by atoms with E-state index in [-0.39, 0.29) is 5.92 Å². The van der Waals surface area contributed by atoms with Gasteiger partial charge >= 0.3 is 0 Å². The Labute approximate surface area is 111 Å². The van der Waals surface area contributed by atoms with Crippen LogP contribution >= 0.6 is 43.2 Å². The minimum absolute atomic E-state index is 0.242. The maximum atomic E-state index is 12.3. The summed E-state index contributed by atoms with van der Waals surface area (Å²) in [6, 6.07) is 0. The van der Waals surface area contributed by atoms with Gasteiger partial charge in [0.05, 0.1) is 9.35 Å². The molecule has 0 bridgehead atoms. The molecule has 1 aromatic rings. The van der Waals surface area contributed by atoms with Gasteiger partial charge in [-0.1, -0.05) is 13.3 Å². The third-order valence-corrected chi connectivity index (χ3v) is 6.65. The number of hydrogen-bond donors (Lipinski definition) is 0. The van der Waals surface area contributed by atoms with Crippen LogP contribution in [0.15, 0.2) is 14.3 Å². The van der Waals surface area contributed by atoms with Gasteiger partial charge in [0, 0.05) is 15.8 Å². The molecule has 1 saturated carbocycles. The molecule has 0 aromatic carbocycles. The Morgan fingerprint density at radius 2 is 2.20 bits per heavy atom. The summed E-state index contributed by atoms with van der Waals surface area (Å²) in [5.41, 5.74) is 0. The quantitative estimate of drug-likeness (QED) is 0.693. The first kappa shape index (κ1) is 11.8. The van der Waals surface area contributed by atoms with Crippen LogP contribution in [-0.2, 0) is 0 Å². The van der Waals surface area contributed by atoms with Crippen molar-refractivity contribution >= 4 is 49.0 Å². The average Bonchev–Trinajstić information content (AvgIpc) is 2.75. The first-order chi connectivity index (χ1) is 7.11. The van der Waals surface area contributed by atoms with Crippen LogP contribution in [-0.4, -0.2) is 5.78 Å². The molecule has 0 N–H and O–H groups in total. The summed E-state index contributed by atoms with van der Waals surface area (Å²) in [4.78, 5) is 13.1. The lowest BCUT2D eigenvalue weighted by Gasteiger charge is -2.12. The zero-order chi connectivity index (χ0) is 11.0. The highest BCUT2D eigenvalue weighted by Gasteiger charge is 2.32. The molecule has 1 heterocycles. The predicted octanol–water partition coefficient (Wildman–Crippen LogP) is 4.89. The van der Waals surface area contributed by atoms with Gasteiger partial charge in [-0.05, 0) is 50.6 Å². The highest BCUT2D eigenvalue weighted by molar-refractivity contribution is 9.13. The van der Waals surface area contributed by atoms with Crippen molar-refractivity contribution in [1.29, 1.82) is 0 Å². The molecule has 4 heteroatoms. The number of ketones is 1. The highest BCUT2D eigenvalue weighted by atomic mass is 79.9. The number of halogens is 2. The maximum absolute atomic E-state index is 12.3. The molecule has 0 amide bonds. The highest BCUT2D eigenvalue weighted by Crippen LogP contribution is 2.39. The van der Waals surface area contributed by atoms with Crippen molar-refractivity contribution in [2.75, 3.05) is 0 Å². The molecule has 0 saturated heterocycles. The molecular formula is C11H12Br2OS. The normalized spacial score (nSPS) is 25.8. The summed E-state index contributed by atoms with van der Waals surface area (Å²) in [6.45, 7) is 2.19. The smallest absolute Gasteiger partial charge is 0.177 e. The van der Waals surface area contributed by atoms with Crippen molar-refractivity contribution in [3.05, 3.63) is 19.2 Å². The molecule has 1 nitrogen and oxygen atoms in total. The lowest BCUT2D eigenvalue weighted by molar-refractivity contribution is 0.0900. The van der Waals surface area contributed by atoms with Gasteiger partial charge < -0.3 is 0 Å². The van der Waals surface area contributed by atoms with E-state index in [4.69, 9.17) is 0 Å². The minimum Gasteiger partial charge on any atom is -0.293 e.